The van der Waals surface area contributed by atoms with Crippen LogP contribution < -0.4 is 5.32 Å². The number of aromatic nitrogens is 2. The average molecular weight is 313 g/mol. The molecule has 0 aliphatic rings. The number of nitrogens with zero attached hydrogens (tertiary/aromatic N) is 2. The van der Waals surface area contributed by atoms with Gasteiger partial charge < -0.3 is 9.73 Å². The number of carbonyl (C=O) groups excluding carboxylic acids is 1. The first-order valence-electron chi connectivity index (χ1n) is 7.15. The Morgan fingerprint density at radius 2 is 1.87 bits per heavy atom. The van der Waals surface area contributed by atoms with Gasteiger partial charge in [-0.1, -0.05) is 0 Å². The summed E-state index contributed by atoms with van der Waals surface area (Å²) in [5, 5.41) is 7.16. The van der Waals surface area contributed by atoms with Gasteiger partial charge in [0.15, 0.2) is 0 Å². The van der Waals surface area contributed by atoms with Gasteiger partial charge in [0.25, 0.3) is 5.91 Å². The third kappa shape index (κ3) is 3.01. The molecule has 0 saturated heterocycles. The summed E-state index contributed by atoms with van der Waals surface area (Å²) in [6.45, 7) is 5.35. The van der Waals surface area contributed by atoms with E-state index in [1.54, 1.807) is 42.8 Å². The smallest absolute Gasteiger partial charge is 0.260 e. The number of anilines is 1. The molecular formula is C17H16FN3O2. The zero-order chi connectivity index (χ0) is 16.6. The van der Waals surface area contributed by atoms with E-state index in [4.69, 9.17) is 4.42 Å². The van der Waals surface area contributed by atoms with Gasteiger partial charge in [-0.3, -0.25) is 4.79 Å². The number of carbonyl (C=O) groups is 1. The molecule has 0 aliphatic carbocycles. The molecule has 6 heteroatoms. The Hall–Kier alpha value is -2.89. The van der Waals surface area contributed by atoms with Crippen molar-refractivity contribution in [1.29, 1.82) is 0 Å². The van der Waals surface area contributed by atoms with Crippen molar-refractivity contribution in [3.05, 3.63) is 65.0 Å². The molecule has 5 nitrogen and oxygen atoms in total. The summed E-state index contributed by atoms with van der Waals surface area (Å²) in [6.07, 6.45) is 0. The third-order valence-electron chi connectivity index (χ3n) is 3.43. The Morgan fingerprint density at radius 3 is 2.48 bits per heavy atom. The normalized spacial score (nSPS) is 10.8. The van der Waals surface area contributed by atoms with Crippen LogP contribution in [-0.4, -0.2) is 15.7 Å². The summed E-state index contributed by atoms with van der Waals surface area (Å²) in [4.78, 5) is 12.4. The van der Waals surface area contributed by atoms with Crippen LogP contribution in [0.25, 0.3) is 5.69 Å². The minimum atomic E-state index is -0.326. The summed E-state index contributed by atoms with van der Waals surface area (Å²) in [7, 11) is 0. The van der Waals surface area contributed by atoms with Crippen molar-refractivity contribution in [2.45, 2.75) is 20.8 Å². The van der Waals surface area contributed by atoms with Crippen LogP contribution in [0.4, 0.5) is 10.2 Å². The fourth-order valence-corrected chi connectivity index (χ4v) is 2.41. The largest absolute Gasteiger partial charge is 0.466 e. The van der Waals surface area contributed by atoms with Crippen LogP contribution in [0, 0.1) is 26.6 Å². The predicted octanol–water partition coefficient (Wildman–Crippen LogP) is 3.78. The van der Waals surface area contributed by atoms with Crippen molar-refractivity contribution in [1.82, 2.24) is 9.78 Å². The Labute approximate surface area is 132 Å². The second-order valence-corrected chi connectivity index (χ2v) is 5.34. The number of benzene rings is 1. The maximum atomic E-state index is 13.1. The average Bonchev–Trinajstić information content (AvgIpc) is 3.02. The molecular weight excluding hydrogens is 297 g/mol. The lowest BCUT2D eigenvalue weighted by molar-refractivity contribution is 0.102. The highest BCUT2D eigenvalue weighted by Crippen LogP contribution is 2.20. The number of amides is 1. The van der Waals surface area contributed by atoms with E-state index in [2.05, 4.69) is 10.4 Å². The highest BCUT2D eigenvalue weighted by atomic mass is 19.1. The Morgan fingerprint density at radius 1 is 1.17 bits per heavy atom. The van der Waals surface area contributed by atoms with Crippen LogP contribution in [0.1, 0.15) is 27.6 Å². The van der Waals surface area contributed by atoms with Crippen LogP contribution in [0.5, 0.6) is 0 Å². The SMILES string of the molecule is Cc1cc(NC(=O)c2cc(C)oc2C)n(-c2ccc(F)cc2)n1. The van der Waals surface area contributed by atoms with E-state index in [9.17, 15) is 9.18 Å². The van der Waals surface area contributed by atoms with E-state index in [1.807, 2.05) is 6.92 Å². The standard InChI is InChI=1S/C17H16FN3O2/c1-10-8-16(19-17(22)15-9-11(2)23-12(15)3)21(20-10)14-6-4-13(18)5-7-14/h4-9H,1-3H3,(H,19,22). The molecule has 2 heterocycles. The molecule has 0 saturated carbocycles. The zero-order valence-electron chi connectivity index (χ0n) is 13.1. The molecule has 23 heavy (non-hydrogen) atoms. The van der Waals surface area contributed by atoms with E-state index in [1.165, 1.54) is 12.1 Å². The molecule has 3 rings (SSSR count). The van der Waals surface area contributed by atoms with Crippen LogP contribution in [0.2, 0.25) is 0 Å². The molecule has 0 unspecified atom stereocenters. The lowest BCUT2D eigenvalue weighted by Crippen LogP contribution is -2.15. The first-order chi connectivity index (χ1) is 10.9. The van der Waals surface area contributed by atoms with Crippen molar-refractivity contribution < 1.29 is 13.6 Å². The van der Waals surface area contributed by atoms with E-state index < -0.39 is 0 Å². The minimum Gasteiger partial charge on any atom is -0.466 e. The molecule has 0 aliphatic heterocycles. The molecule has 1 aromatic carbocycles. The molecule has 0 atom stereocenters. The number of aryl methyl sites for hydroxylation is 3. The number of nitrogens with one attached hydrogen (secondary N) is 1. The maximum absolute atomic E-state index is 13.1. The zero-order valence-corrected chi connectivity index (χ0v) is 13.1. The summed E-state index contributed by atoms with van der Waals surface area (Å²) < 4.78 is 20.0. The first-order valence-corrected chi connectivity index (χ1v) is 7.15. The number of hydrogen-bond donors (Lipinski definition) is 1. The van der Waals surface area contributed by atoms with Gasteiger partial charge in [-0.2, -0.15) is 5.10 Å². The summed E-state index contributed by atoms with van der Waals surface area (Å²) >= 11 is 0. The van der Waals surface area contributed by atoms with Gasteiger partial charge in [-0.15, -0.1) is 0 Å². The monoisotopic (exact) mass is 313 g/mol. The fraction of sp³-hybridized carbons (Fsp3) is 0.176. The van der Waals surface area contributed by atoms with Gasteiger partial charge in [-0.05, 0) is 51.1 Å². The number of rotatable bonds is 3. The quantitative estimate of drug-likeness (QED) is 0.800. The van der Waals surface area contributed by atoms with Gasteiger partial charge in [-0.25, -0.2) is 9.07 Å². The predicted molar refractivity (Wildman–Crippen MR) is 84.4 cm³/mol. The lowest BCUT2D eigenvalue weighted by atomic mass is 10.2. The van der Waals surface area contributed by atoms with Crippen molar-refractivity contribution in [3.63, 3.8) is 0 Å². The van der Waals surface area contributed by atoms with E-state index >= 15 is 0 Å². The maximum Gasteiger partial charge on any atom is 0.260 e. The molecule has 3 aromatic rings. The minimum absolute atomic E-state index is 0.275. The van der Waals surface area contributed by atoms with Crippen LogP contribution in [-0.2, 0) is 0 Å². The summed E-state index contributed by atoms with van der Waals surface area (Å²) in [5.74, 6) is 1.15. The molecule has 1 amide bonds. The van der Waals surface area contributed by atoms with Crippen molar-refractivity contribution >= 4 is 11.7 Å². The second kappa shape index (κ2) is 5.72. The first kappa shape index (κ1) is 15.0. The molecule has 2 aromatic heterocycles. The van der Waals surface area contributed by atoms with Gasteiger partial charge in [0, 0.05) is 6.07 Å². The molecule has 0 bridgehead atoms. The highest BCUT2D eigenvalue weighted by molar-refractivity contribution is 6.04. The Kier molecular flexibility index (Phi) is 3.73. The Balaban J connectivity index is 1.93. The van der Waals surface area contributed by atoms with Crippen molar-refractivity contribution in [3.8, 4) is 5.69 Å². The number of halogens is 1. The fourth-order valence-electron chi connectivity index (χ4n) is 2.41. The molecule has 118 valence electrons. The molecule has 1 N–H and O–H groups in total. The highest BCUT2D eigenvalue weighted by Gasteiger charge is 2.16. The molecule has 0 spiro atoms. The van der Waals surface area contributed by atoms with Crippen molar-refractivity contribution in [2.24, 2.45) is 0 Å². The van der Waals surface area contributed by atoms with Crippen LogP contribution in [0.15, 0.2) is 40.8 Å². The third-order valence-corrected chi connectivity index (χ3v) is 3.43. The van der Waals surface area contributed by atoms with Gasteiger partial charge in [0.05, 0.1) is 16.9 Å². The van der Waals surface area contributed by atoms with Gasteiger partial charge in [0.1, 0.15) is 23.2 Å². The van der Waals surface area contributed by atoms with E-state index in [0.717, 1.165) is 5.69 Å². The topological polar surface area (TPSA) is 60.1 Å². The number of hydrogen-bond acceptors (Lipinski definition) is 3. The lowest BCUT2D eigenvalue weighted by Gasteiger charge is -2.08. The molecule has 0 radical (unpaired) electrons. The molecule has 0 fully saturated rings. The van der Waals surface area contributed by atoms with Crippen molar-refractivity contribution in [2.75, 3.05) is 5.32 Å². The van der Waals surface area contributed by atoms with E-state index in [0.29, 0.717) is 28.6 Å². The number of furan rings is 1. The van der Waals surface area contributed by atoms with Crippen LogP contribution >= 0.6 is 0 Å². The van der Waals surface area contributed by atoms with Gasteiger partial charge >= 0.3 is 0 Å². The van der Waals surface area contributed by atoms with Gasteiger partial charge in [0.2, 0.25) is 0 Å². The summed E-state index contributed by atoms with van der Waals surface area (Å²) in [6, 6.07) is 9.35. The van der Waals surface area contributed by atoms with Crippen LogP contribution in [0.3, 0.4) is 0 Å². The second-order valence-electron chi connectivity index (χ2n) is 5.34. The van der Waals surface area contributed by atoms with E-state index in [-0.39, 0.29) is 11.7 Å². The Bertz CT molecular complexity index is 863. The summed E-state index contributed by atoms with van der Waals surface area (Å²) in [5.41, 5.74) is 1.88.